The molecule has 0 aliphatic rings. The summed E-state index contributed by atoms with van der Waals surface area (Å²) in [6.45, 7) is 4.17. The molecular formula is C13H13N. The Morgan fingerprint density at radius 1 is 0.857 bits per heavy atom. The van der Waals surface area contributed by atoms with Crippen molar-refractivity contribution in [2.75, 3.05) is 0 Å². The van der Waals surface area contributed by atoms with E-state index in [-0.39, 0.29) is 0 Å². The van der Waals surface area contributed by atoms with E-state index in [1.165, 1.54) is 22.3 Å². The smallest absolute Gasteiger partial charge is 0.0346 e. The van der Waals surface area contributed by atoms with Gasteiger partial charge in [-0.3, -0.25) is 4.98 Å². The summed E-state index contributed by atoms with van der Waals surface area (Å²) in [6.07, 6.45) is 3.78. The first kappa shape index (κ1) is 8.95. The Labute approximate surface area is 84.4 Å². The van der Waals surface area contributed by atoms with Crippen LogP contribution in [0.15, 0.2) is 42.7 Å². The summed E-state index contributed by atoms with van der Waals surface area (Å²) in [5, 5.41) is 0. The molecule has 0 aliphatic heterocycles. The van der Waals surface area contributed by atoms with E-state index < -0.39 is 0 Å². The van der Waals surface area contributed by atoms with Crippen molar-refractivity contribution in [1.82, 2.24) is 4.98 Å². The predicted molar refractivity (Wildman–Crippen MR) is 59.1 cm³/mol. The van der Waals surface area contributed by atoms with E-state index in [0.717, 1.165) is 0 Å². The van der Waals surface area contributed by atoms with Crippen molar-refractivity contribution in [2.45, 2.75) is 13.8 Å². The number of nitrogens with zero attached hydrogens (tertiary/aromatic N) is 1. The van der Waals surface area contributed by atoms with E-state index in [4.69, 9.17) is 0 Å². The predicted octanol–water partition coefficient (Wildman–Crippen LogP) is 3.37. The summed E-state index contributed by atoms with van der Waals surface area (Å²) >= 11 is 0. The molecule has 0 saturated carbocycles. The van der Waals surface area contributed by atoms with Gasteiger partial charge >= 0.3 is 0 Å². The SMILES string of the molecule is Cc1cccc(-c2cncc(C)c2)c1. The third-order valence-corrected chi connectivity index (χ3v) is 2.23. The lowest BCUT2D eigenvalue weighted by Crippen LogP contribution is -1.82. The first-order chi connectivity index (χ1) is 6.75. The Balaban J connectivity index is 2.49. The molecule has 2 aromatic rings. The van der Waals surface area contributed by atoms with Gasteiger partial charge in [-0.05, 0) is 31.0 Å². The van der Waals surface area contributed by atoms with Gasteiger partial charge in [-0.2, -0.15) is 0 Å². The molecule has 1 aromatic carbocycles. The molecule has 1 heteroatoms. The Bertz CT molecular complexity index is 403. The second kappa shape index (κ2) is 3.62. The van der Waals surface area contributed by atoms with Crippen LogP contribution < -0.4 is 0 Å². The molecule has 0 atom stereocenters. The molecule has 70 valence electrons. The van der Waals surface area contributed by atoms with Crippen LogP contribution >= 0.6 is 0 Å². The summed E-state index contributed by atoms with van der Waals surface area (Å²) in [6, 6.07) is 10.6. The van der Waals surface area contributed by atoms with E-state index in [1.807, 2.05) is 12.4 Å². The summed E-state index contributed by atoms with van der Waals surface area (Å²) in [4.78, 5) is 4.19. The molecule has 2 rings (SSSR count). The van der Waals surface area contributed by atoms with E-state index in [9.17, 15) is 0 Å². The Hall–Kier alpha value is -1.63. The largest absolute Gasteiger partial charge is 0.264 e. The molecule has 0 amide bonds. The van der Waals surface area contributed by atoms with Crippen LogP contribution in [0.2, 0.25) is 0 Å². The lowest BCUT2D eigenvalue weighted by atomic mass is 10.0. The second-order valence-corrected chi connectivity index (χ2v) is 3.62. The average Bonchev–Trinajstić information content (AvgIpc) is 2.18. The van der Waals surface area contributed by atoms with Crippen LogP contribution in [-0.4, -0.2) is 4.98 Å². The van der Waals surface area contributed by atoms with Crippen molar-refractivity contribution < 1.29 is 0 Å². The summed E-state index contributed by atoms with van der Waals surface area (Å²) in [5.74, 6) is 0. The number of benzene rings is 1. The Morgan fingerprint density at radius 3 is 2.36 bits per heavy atom. The van der Waals surface area contributed by atoms with Crippen molar-refractivity contribution in [1.29, 1.82) is 0 Å². The Kier molecular flexibility index (Phi) is 2.32. The van der Waals surface area contributed by atoms with Crippen LogP contribution in [0.5, 0.6) is 0 Å². The van der Waals surface area contributed by atoms with Crippen LogP contribution in [0.4, 0.5) is 0 Å². The average molecular weight is 183 g/mol. The van der Waals surface area contributed by atoms with Crippen LogP contribution in [0, 0.1) is 13.8 Å². The fraction of sp³-hybridized carbons (Fsp3) is 0.154. The fourth-order valence-electron chi connectivity index (χ4n) is 1.54. The molecule has 14 heavy (non-hydrogen) atoms. The molecule has 1 aromatic heterocycles. The quantitative estimate of drug-likeness (QED) is 0.660. The molecule has 0 aliphatic carbocycles. The molecule has 0 N–H and O–H groups in total. The topological polar surface area (TPSA) is 12.9 Å². The highest BCUT2D eigenvalue weighted by molar-refractivity contribution is 5.63. The summed E-state index contributed by atoms with van der Waals surface area (Å²) < 4.78 is 0. The minimum atomic E-state index is 1.19. The molecule has 0 unspecified atom stereocenters. The van der Waals surface area contributed by atoms with Crippen LogP contribution in [0.1, 0.15) is 11.1 Å². The lowest BCUT2D eigenvalue weighted by molar-refractivity contribution is 1.27. The highest BCUT2D eigenvalue weighted by Gasteiger charge is 1.97. The first-order valence-corrected chi connectivity index (χ1v) is 4.74. The van der Waals surface area contributed by atoms with Gasteiger partial charge in [0, 0.05) is 18.0 Å². The van der Waals surface area contributed by atoms with Crippen molar-refractivity contribution >= 4 is 0 Å². The number of aryl methyl sites for hydroxylation is 2. The molecule has 1 nitrogen and oxygen atoms in total. The normalized spacial score (nSPS) is 10.1. The van der Waals surface area contributed by atoms with Crippen molar-refractivity contribution in [2.24, 2.45) is 0 Å². The second-order valence-electron chi connectivity index (χ2n) is 3.62. The zero-order valence-electron chi connectivity index (χ0n) is 8.49. The van der Waals surface area contributed by atoms with Crippen molar-refractivity contribution in [3.05, 3.63) is 53.9 Å². The van der Waals surface area contributed by atoms with E-state index in [2.05, 4.69) is 49.2 Å². The van der Waals surface area contributed by atoms with Gasteiger partial charge in [0.2, 0.25) is 0 Å². The maximum Gasteiger partial charge on any atom is 0.0346 e. The Morgan fingerprint density at radius 2 is 1.64 bits per heavy atom. The van der Waals surface area contributed by atoms with E-state index >= 15 is 0 Å². The third kappa shape index (κ3) is 1.82. The minimum absolute atomic E-state index is 1.19. The molecule has 0 radical (unpaired) electrons. The van der Waals surface area contributed by atoms with Gasteiger partial charge in [-0.15, -0.1) is 0 Å². The standard InChI is InChI=1S/C13H13N/c1-10-4-3-5-12(6-10)13-7-11(2)8-14-9-13/h3-9H,1-2H3. The minimum Gasteiger partial charge on any atom is -0.264 e. The van der Waals surface area contributed by atoms with Gasteiger partial charge in [0.25, 0.3) is 0 Å². The van der Waals surface area contributed by atoms with Gasteiger partial charge in [-0.25, -0.2) is 0 Å². The van der Waals surface area contributed by atoms with Crippen LogP contribution in [-0.2, 0) is 0 Å². The van der Waals surface area contributed by atoms with E-state index in [0.29, 0.717) is 0 Å². The number of hydrogen-bond donors (Lipinski definition) is 0. The number of rotatable bonds is 1. The van der Waals surface area contributed by atoms with E-state index in [1.54, 1.807) is 0 Å². The first-order valence-electron chi connectivity index (χ1n) is 4.74. The van der Waals surface area contributed by atoms with Gasteiger partial charge < -0.3 is 0 Å². The number of aromatic nitrogens is 1. The molecule has 0 fully saturated rings. The summed E-state index contributed by atoms with van der Waals surface area (Å²) in [7, 11) is 0. The van der Waals surface area contributed by atoms with Gasteiger partial charge in [0.05, 0.1) is 0 Å². The molecule has 0 bridgehead atoms. The van der Waals surface area contributed by atoms with Gasteiger partial charge in [-0.1, -0.05) is 29.8 Å². The highest BCUT2D eigenvalue weighted by atomic mass is 14.6. The molecule has 0 spiro atoms. The van der Waals surface area contributed by atoms with Crippen molar-refractivity contribution in [3.63, 3.8) is 0 Å². The van der Waals surface area contributed by atoms with Gasteiger partial charge in [0.1, 0.15) is 0 Å². The third-order valence-electron chi connectivity index (χ3n) is 2.23. The zero-order valence-corrected chi connectivity index (χ0v) is 8.49. The monoisotopic (exact) mass is 183 g/mol. The number of hydrogen-bond acceptors (Lipinski definition) is 1. The zero-order chi connectivity index (χ0) is 9.97. The molecule has 0 saturated heterocycles. The lowest BCUT2D eigenvalue weighted by Gasteiger charge is -2.02. The van der Waals surface area contributed by atoms with Crippen molar-refractivity contribution in [3.8, 4) is 11.1 Å². The molecule has 1 heterocycles. The summed E-state index contributed by atoms with van der Waals surface area (Å²) in [5.41, 5.74) is 4.91. The maximum absolute atomic E-state index is 4.19. The van der Waals surface area contributed by atoms with Crippen LogP contribution in [0.3, 0.4) is 0 Å². The molecular weight excluding hydrogens is 170 g/mol. The van der Waals surface area contributed by atoms with Crippen LogP contribution in [0.25, 0.3) is 11.1 Å². The fourth-order valence-corrected chi connectivity index (χ4v) is 1.54. The number of pyridine rings is 1. The maximum atomic E-state index is 4.19. The highest BCUT2D eigenvalue weighted by Crippen LogP contribution is 2.19. The van der Waals surface area contributed by atoms with Gasteiger partial charge in [0.15, 0.2) is 0 Å².